The lowest BCUT2D eigenvalue weighted by molar-refractivity contribution is 0.162. The van der Waals surface area contributed by atoms with Gasteiger partial charge in [0.1, 0.15) is 0 Å². The molecule has 2 nitrogen and oxygen atoms in total. The van der Waals surface area contributed by atoms with E-state index in [0.717, 1.165) is 44.5 Å². The van der Waals surface area contributed by atoms with Gasteiger partial charge in [-0.25, -0.2) is 0 Å². The Hall–Kier alpha value is -0.760. The Bertz CT molecular complexity index is 335. The first-order valence-electron chi connectivity index (χ1n) is 11.2. The summed E-state index contributed by atoms with van der Waals surface area (Å²) in [5.74, 6) is 1.59. The molecule has 2 heteroatoms. The highest BCUT2D eigenvalue weighted by Gasteiger charge is 2.02. The van der Waals surface area contributed by atoms with Crippen LogP contribution in [-0.2, 0) is 4.74 Å². The average molecular weight is 367 g/mol. The number of unbranched alkanes of at least 4 members (excludes halogenated alkanes) is 8. The molecule has 0 aliphatic rings. The van der Waals surface area contributed by atoms with Crippen molar-refractivity contribution in [1.29, 1.82) is 0 Å². The summed E-state index contributed by atoms with van der Waals surface area (Å²) in [5.41, 5.74) is 0. The monoisotopic (exact) mass is 366 g/mol. The highest BCUT2D eigenvalue weighted by atomic mass is 16.5. The first kappa shape index (κ1) is 25.2. The van der Waals surface area contributed by atoms with E-state index in [-0.39, 0.29) is 6.10 Å². The summed E-state index contributed by atoms with van der Waals surface area (Å²) >= 11 is 0. The molecule has 26 heavy (non-hydrogen) atoms. The van der Waals surface area contributed by atoms with Gasteiger partial charge in [0.2, 0.25) is 0 Å². The van der Waals surface area contributed by atoms with Gasteiger partial charge in [-0.2, -0.15) is 0 Å². The van der Waals surface area contributed by atoms with Crippen molar-refractivity contribution in [3.63, 3.8) is 0 Å². The van der Waals surface area contributed by atoms with Crippen LogP contribution in [0.15, 0.2) is 24.5 Å². The van der Waals surface area contributed by atoms with Gasteiger partial charge >= 0.3 is 0 Å². The van der Waals surface area contributed by atoms with Crippen molar-refractivity contribution in [3.8, 4) is 0 Å². The fourth-order valence-electron chi connectivity index (χ4n) is 2.86. The molecule has 0 aromatic carbocycles. The van der Waals surface area contributed by atoms with E-state index in [4.69, 9.17) is 4.74 Å². The van der Waals surface area contributed by atoms with Gasteiger partial charge in [-0.1, -0.05) is 90.9 Å². The SMILES string of the molecule is C=C(CCCCCCCC=CCC(O)CCCCCC)OCC(C)CC. The third-order valence-corrected chi connectivity index (χ3v) is 5.06. The fraction of sp³-hybridized carbons (Fsp3) is 0.833. The van der Waals surface area contributed by atoms with Gasteiger partial charge in [0.05, 0.1) is 18.5 Å². The van der Waals surface area contributed by atoms with Gasteiger partial charge < -0.3 is 9.84 Å². The summed E-state index contributed by atoms with van der Waals surface area (Å²) in [4.78, 5) is 0. The quantitative estimate of drug-likeness (QED) is 0.145. The maximum atomic E-state index is 9.91. The minimum Gasteiger partial charge on any atom is -0.498 e. The molecule has 0 amide bonds. The molecule has 0 rings (SSSR count). The summed E-state index contributed by atoms with van der Waals surface area (Å²) in [6.07, 6.45) is 20.7. The molecular formula is C24H46O2. The van der Waals surface area contributed by atoms with Crippen molar-refractivity contribution < 1.29 is 9.84 Å². The molecule has 0 fully saturated rings. The van der Waals surface area contributed by atoms with Crippen molar-refractivity contribution in [2.24, 2.45) is 5.92 Å². The molecule has 0 heterocycles. The molecule has 0 aliphatic carbocycles. The minimum atomic E-state index is -0.140. The van der Waals surface area contributed by atoms with Crippen molar-refractivity contribution in [1.82, 2.24) is 0 Å². The van der Waals surface area contributed by atoms with E-state index in [0.29, 0.717) is 5.92 Å². The Morgan fingerprint density at radius 1 is 0.962 bits per heavy atom. The van der Waals surface area contributed by atoms with Crippen molar-refractivity contribution in [2.45, 2.75) is 117 Å². The molecule has 0 radical (unpaired) electrons. The highest BCUT2D eigenvalue weighted by molar-refractivity contribution is 4.84. The molecule has 0 spiro atoms. The van der Waals surface area contributed by atoms with Crippen LogP contribution in [0.1, 0.15) is 111 Å². The van der Waals surface area contributed by atoms with Gasteiger partial charge in [-0.15, -0.1) is 0 Å². The molecule has 0 saturated heterocycles. The number of rotatable bonds is 19. The normalized spacial score (nSPS) is 13.8. The second-order valence-corrected chi connectivity index (χ2v) is 7.88. The van der Waals surface area contributed by atoms with Gasteiger partial charge in [-0.3, -0.25) is 0 Å². The Labute approximate surface area is 164 Å². The van der Waals surface area contributed by atoms with Crippen molar-refractivity contribution in [2.75, 3.05) is 6.61 Å². The molecular weight excluding hydrogens is 320 g/mol. The topological polar surface area (TPSA) is 29.5 Å². The number of aliphatic hydroxyl groups is 1. The summed E-state index contributed by atoms with van der Waals surface area (Å²) < 4.78 is 5.70. The third kappa shape index (κ3) is 18.0. The highest BCUT2D eigenvalue weighted by Crippen LogP contribution is 2.14. The first-order valence-corrected chi connectivity index (χ1v) is 11.2. The van der Waals surface area contributed by atoms with E-state index in [2.05, 4.69) is 39.5 Å². The van der Waals surface area contributed by atoms with Crippen LogP contribution in [-0.4, -0.2) is 17.8 Å². The Balaban J connectivity index is 3.36. The van der Waals surface area contributed by atoms with Crippen molar-refractivity contribution >= 4 is 0 Å². The first-order chi connectivity index (χ1) is 12.6. The maximum Gasteiger partial charge on any atom is 0.0902 e. The standard InChI is InChI=1S/C24H46O2/c1-5-7-8-16-19-24(25)20-17-14-12-10-9-11-13-15-18-23(4)26-21-22(3)6-2/h14,17,22,24-25H,4-13,15-16,18-21H2,1-3H3. The number of hydrogen-bond acceptors (Lipinski definition) is 2. The zero-order valence-electron chi connectivity index (χ0n) is 18.0. The van der Waals surface area contributed by atoms with E-state index >= 15 is 0 Å². The van der Waals surface area contributed by atoms with E-state index in [1.807, 2.05) is 0 Å². The van der Waals surface area contributed by atoms with Crippen LogP contribution in [0.3, 0.4) is 0 Å². The lowest BCUT2D eigenvalue weighted by Gasteiger charge is -2.12. The fourth-order valence-corrected chi connectivity index (χ4v) is 2.86. The summed E-state index contributed by atoms with van der Waals surface area (Å²) in [6.45, 7) is 11.5. The Morgan fingerprint density at radius 3 is 2.38 bits per heavy atom. The zero-order chi connectivity index (χ0) is 19.5. The lowest BCUT2D eigenvalue weighted by Crippen LogP contribution is -2.04. The van der Waals surface area contributed by atoms with Crippen molar-refractivity contribution in [3.05, 3.63) is 24.5 Å². The second kappa shape index (κ2) is 19.0. The number of ether oxygens (including phenoxy) is 1. The molecule has 0 aromatic rings. The zero-order valence-corrected chi connectivity index (χ0v) is 18.0. The van der Waals surface area contributed by atoms with Gasteiger partial charge in [0.15, 0.2) is 0 Å². The molecule has 0 bridgehead atoms. The smallest absolute Gasteiger partial charge is 0.0902 e. The van der Waals surface area contributed by atoms with Crippen LogP contribution in [0.5, 0.6) is 0 Å². The number of aliphatic hydroxyl groups excluding tert-OH is 1. The molecule has 0 aromatic heterocycles. The summed E-state index contributed by atoms with van der Waals surface area (Å²) in [5, 5.41) is 9.91. The molecule has 0 aliphatic heterocycles. The van der Waals surface area contributed by atoms with Crippen LogP contribution in [0.4, 0.5) is 0 Å². The summed E-state index contributed by atoms with van der Waals surface area (Å²) in [7, 11) is 0. The average Bonchev–Trinajstić information content (AvgIpc) is 2.64. The van der Waals surface area contributed by atoms with E-state index in [9.17, 15) is 5.11 Å². The second-order valence-electron chi connectivity index (χ2n) is 7.88. The van der Waals surface area contributed by atoms with Crippen LogP contribution in [0, 0.1) is 5.92 Å². The maximum absolute atomic E-state index is 9.91. The molecule has 2 atom stereocenters. The molecule has 0 saturated carbocycles. The van der Waals surface area contributed by atoms with E-state index in [1.165, 1.54) is 57.8 Å². The number of allylic oxidation sites excluding steroid dienone is 2. The number of hydrogen-bond donors (Lipinski definition) is 1. The Morgan fingerprint density at radius 2 is 1.65 bits per heavy atom. The third-order valence-electron chi connectivity index (χ3n) is 5.06. The summed E-state index contributed by atoms with van der Waals surface area (Å²) in [6, 6.07) is 0. The van der Waals surface area contributed by atoms with Gasteiger partial charge in [0, 0.05) is 6.42 Å². The van der Waals surface area contributed by atoms with Crippen LogP contribution in [0.2, 0.25) is 0 Å². The predicted octanol–water partition coefficient (Wildman–Crippen LogP) is 7.57. The van der Waals surface area contributed by atoms with Crippen LogP contribution in [0.25, 0.3) is 0 Å². The molecule has 2 unspecified atom stereocenters. The molecule has 1 N–H and O–H groups in total. The largest absolute Gasteiger partial charge is 0.498 e. The van der Waals surface area contributed by atoms with Crippen LogP contribution < -0.4 is 0 Å². The lowest BCUT2D eigenvalue weighted by atomic mass is 10.1. The predicted molar refractivity (Wildman–Crippen MR) is 115 cm³/mol. The van der Waals surface area contributed by atoms with Gasteiger partial charge in [0.25, 0.3) is 0 Å². The Kier molecular flexibility index (Phi) is 18.5. The molecule has 154 valence electrons. The van der Waals surface area contributed by atoms with E-state index in [1.54, 1.807) is 0 Å². The van der Waals surface area contributed by atoms with Gasteiger partial charge in [-0.05, 0) is 38.0 Å². The van der Waals surface area contributed by atoms with Crippen LogP contribution >= 0.6 is 0 Å². The van der Waals surface area contributed by atoms with E-state index < -0.39 is 0 Å². The minimum absolute atomic E-state index is 0.140.